The van der Waals surface area contributed by atoms with Gasteiger partial charge < -0.3 is 22.0 Å². The minimum Gasteiger partial charge on any atom is -1.00 e. The van der Waals surface area contributed by atoms with Crippen LogP contribution in [0.5, 0.6) is 0 Å². The first kappa shape index (κ1) is 34.4. The smallest absolute Gasteiger partial charge is 0.0807 e. The van der Waals surface area contributed by atoms with Crippen molar-refractivity contribution in [1.29, 1.82) is 0 Å². The number of unbranched alkanes of at least 4 members (excludes halogenated alkanes) is 18. The second-order valence-electron chi connectivity index (χ2n) is 11.0. The van der Waals surface area contributed by atoms with Crippen LogP contribution in [-0.2, 0) is 0 Å². The zero-order valence-corrected chi connectivity index (χ0v) is 23.6. The van der Waals surface area contributed by atoms with Crippen LogP contribution in [0.15, 0.2) is 0 Å². The van der Waals surface area contributed by atoms with Gasteiger partial charge in [0, 0.05) is 6.42 Å². The molecule has 0 aliphatic heterocycles. The highest BCUT2D eigenvalue weighted by molar-refractivity contribution is 4.57. The molecule has 0 aromatic heterocycles. The van der Waals surface area contributed by atoms with Crippen LogP contribution < -0.4 is 12.4 Å². The number of hydrogen-bond donors (Lipinski definition) is 1. The molecular formula is C29H62ClNO. The Bertz CT molecular complexity index is 348. The van der Waals surface area contributed by atoms with E-state index in [1.54, 1.807) is 0 Å². The van der Waals surface area contributed by atoms with Gasteiger partial charge in [0.2, 0.25) is 0 Å². The monoisotopic (exact) mass is 475 g/mol. The van der Waals surface area contributed by atoms with Crippen molar-refractivity contribution >= 4 is 0 Å². The molecule has 0 saturated heterocycles. The summed E-state index contributed by atoms with van der Waals surface area (Å²) in [5.74, 6) is 0. The van der Waals surface area contributed by atoms with E-state index >= 15 is 0 Å². The quantitative estimate of drug-likeness (QED) is 0.126. The lowest BCUT2D eigenvalue weighted by atomic mass is 10.0. The molecule has 0 aliphatic rings. The maximum atomic E-state index is 10.4. The first-order chi connectivity index (χ1) is 15.0. The van der Waals surface area contributed by atoms with Crippen molar-refractivity contribution in [2.24, 2.45) is 0 Å². The van der Waals surface area contributed by atoms with E-state index in [0.29, 0.717) is 0 Å². The van der Waals surface area contributed by atoms with Crippen molar-refractivity contribution in [3.05, 3.63) is 0 Å². The lowest BCUT2D eigenvalue weighted by molar-refractivity contribution is -0.891. The van der Waals surface area contributed by atoms with Gasteiger partial charge in [0.15, 0.2) is 0 Å². The normalized spacial score (nSPS) is 12.7. The minimum absolute atomic E-state index is 0. The molecular weight excluding hydrogens is 414 g/mol. The third-order valence-electron chi connectivity index (χ3n) is 7.08. The Labute approximate surface area is 210 Å². The molecule has 0 amide bonds. The van der Waals surface area contributed by atoms with Gasteiger partial charge in [-0.2, -0.15) is 0 Å². The summed E-state index contributed by atoms with van der Waals surface area (Å²) in [6.07, 6.45) is 29.7. The average Bonchev–Trinajstić information content (AvgIpc) is 2.75. The largest absolute Gasteiger partial charge is 1.00 e. The Morgan fingerprint density at radius 1 is 0.469 bits per heavy atom. The summed E-state index contributed by atoms with van der Waals surface area (Å²) in [5, 5.41) is 10.4. The molecule has 0 heterocycles. The molecule has 0 saturated carbocycles. The van der Waals surface area contributed by atoms with Gasteiger partial charge in [-0.1, -0.05) is 129 Å². The topological polar surface area (TPSA) is 20.2 Å². The number of halogens is 1. The molecule has 0 radical (unpaired) electrons. The highest BCUT2D eigenvalue weighted by atomic mass is 35.5. The van der Waals surface area contributed by atoms with Gasteiger partial charge in [-0.15, -0.1) is 0 Å². The molecule has 0 spiro atoms. The number of nitrogens with zero attached hydrogens (tertiary/aromatic N) is 1. The van der Waals surface area contributed by atoms with Crippen molar-refractivity contribution in [1.82, 2.24) is 0 Å². The van der Waals surface area contributed by atoms with Crippen LogP contribution >= 0.6 is 0 Å². The van der Waals surface area contributed by atoms with Gasteiger partial charge in [-0.25, -0.2) is 0 Å². The predicted octanol–water partition coefficient (Wildman–Crippen LogP) is 6.05. The van der Waals surface area contributed by atoms with Gasteiger partial charge in [-0.3, -0.25) is 0 Å². The van der Waals surface area contributed by atoms with Crippen LogP contribution in [-0.4, -0.2) is 42.9 Å². The highest BCUT2D eigenvalue weighted by Gasteiger charge is 2.16. The summed E-state index contributed by atoms with van der Waals surface area (Å²) >= 11 is 0. The maximum Gasteiger partial charge on any atom is 0.0807 e. The summed E-state index contributed by atoms with van der Waals surface area (Å²) in [6.45, 7) is 6.96. The van der Waals surface area contributed by atoms with Crippen LogP contribution in [0, 0.1) is 0 Å². The summed E-state index contributed by atoms with van der Waals surface area (Å²) in [5.41, 5.74) is 0. The first-order valence-corrected chi connectivity index (χ1v) is 14.5. The Balaban J connectivity index is 0. The Morgan fingerprint density at radius 2 is 0.812 bits per heavy atom. The summed E-state index contributed by atoms with van der Waals surface area (Å²) in [6, 6.07) is 0. The van der Waals surface area contributed by atoms with Crippen LogP contribution in [0.25, 0.3) is 0 Å². The Morgan fingerprint density at radius 3 is 1.22 bits per heavy atom. The molecule has 0 rings (SSSR count). The van der Waals surface area contributed by atoms with Crippen molar-refractivity contribution in [2.75, 3.05) is 27.2 Å². The zero-order valence-electron chi connectivity index (χ0n) is 22.8. The number of hydrogen-bond acceptors (Lipinski definition) is 1. The zero-order chi connectivity index (χ0) is 23.0. The molecule has 1 unspecified atom stereocenters. The van der Waals surface area contributed by atoms with E-state index in [1.807, 2.05) is 0 Å². The van der Waals surface area contributed by atoms with Crippen LogP contribution in [0.1, 0.15) is 155 Å². The van der Waals surface area contributed by atoms with Crippen molar-refractivity contribution in [3.8, 4) is 0 Å². The van der Waals surface area contributed by atoms with Crippen molar-refractivity contribution in [3.63, 3.8) is 0 Å². The van der Waals surface area contributed by atoms with Gasteiger partial charge >= 0.3 is 0 Å². The van der Waals surface area contributed by atoms with E-state index in [0.717, 1.165) is 23.9 Å². The molecule has 2 nitrogen and oxygen atoms in total. The van der Waals surface area contributed by atoms with E-state index < -0.39 is 0 Å². The van der Waals surface area contributed by atoms with Crippen molar-refractivity contribution < 1.29 is 22.0 Å². The van der Waals surface area contributed by atoms with E-state index in [4.69, 9.17) is 0 Å². The third-order valence-corrected chi connectivity index (χ3v) is 7.08. The standard InChI is InChI=1S/C29H62NO.ClH/c1-5-7-9-11-13-15-17-19-21-23-25-29(31)26-28-30(3,4)27-24-22-20-18-16-14-12-10-8-6-2;/h29,31H,5-28H2,1-4H3;1H/q+1;/p-1. The van der Waals surface area contributed by atoms with Crippen LogP contribution in [0.2, 0.25) is 0 Å². The molecule has 3 heteroatoms. The minimum atomic E-state index is -0.0841. The van der Waals surface area contributed by atoms with Gasteiger partial charge in [-0.05, 0) is 19.3 Å². The molecule has 0 aromatic rings. The fourth-order valence-electron chi connectivity index (χ4n) is 4.65. The van der Waals surface area contributed by atoms with E-state index in [9.17, 15) is 5.11 Å². The lowest BCUT2D eigenvalue weighted by Gasteiger charge is -2.30. The van der Waals surface area contributed by atoms with Crippen molar-refractivity contribution in [2.45, 2.75) is 161 Å². The SMILES string of the molecule is CCCCCCCCCCCCC(O)CC[N+](C)(C)CCCCCCCCCCCC.[Cl-]. The van der Waals surface area contributed by atoms with Gasteiger partial charge in [0.05, 0.1) is 33.3 Å². The molecule has 196 valence electrons. The number of rotatable bonds is 25. The molecule has 0 bridgehead atoms. The second kappa shape index (κ2) is 25.8. The molecule has 32 heavy (non-hydrogen) atoms. The fraction of sp³-hybridized carbons (Fsp3) is 1.00. The first-order valence-electron chi connectivity index (χ1n) is 14.5. The van der Waals surface area contributed by atoms with Gasteiger partial charge in [0.1, 0.15) is 0 Å². The Hall–Kier alpha value is 0.210. The van der Waals surface area contributed by atoms with E-state index in [1.165, 1.54) is 135 Å². The maximum absolute atomic E-state index is 10.4. The van der Waals surface area contributed by atoms with Crippen LogP contribution in [0.3, 0.4) is 0 Å². The number of quaternary nitrogens is 1. The van der Waals surface area contributed by atoms with Gasteiger partial charge in [0.25, 0.3) is 0 Å². The van der Waals surface area contributed by atoms with E-state index in [-0.39, 0.29) is 18.5 Å². The summed E-state index contributed by atoms with van der Waals surface area (Å²) in [7, 11) is 4.70. The molecule has 0 aromatic carbocycles. The summed E-state index contributed by atoms with van der Waals surface area (Å²) in [4.78, 5) is 0. The highest BCUT2D eigenvalue weighted by Crippen LogP contribution is 2.15. The number of aliphatic hydroxyl groups is 1. The molecule has 1 atom stereocenters. The second-order valence-corrected chi connectivity index (χ2v) is 11.0. The average molecular weight is 476 g/mol. The molecule has 1 N–H and O–H groups in total. The molecule has 0 fully saturated rings. The predicted molar refractivity (Wildman–Crippen MR) is 141 cm³/mol. The third kappa shape index (κ3) is 26.5. The van der Waals surface area contributed by atoms with E-state index in [2.05, 4.69) is 27.9 Å². The fourth-order valence-corrected chi connectivity index (χ4v) is 4.65. The van der Waals surface area contributed by atoms with Crippen LogP contribution in [0.4, 0.5) is 0 Å². The molecule has 0 aliphatic carbocycles. The Kier molecular flexibility index (Phi) is 27.7. The number of aliphatic hydroxyl groups excluding tert-OH is 1. The lowest BCUT2D eigenvalue weighted by Crippen LogP contribution is -3.00. The summed E-state index contributed by atoms with van der Waals surface area (Å²) < 4.78 is 1.08.